The van der Waals surface area contributed by atoms with Crippen LogP contribution in [0.1, 0.15) is 6.42 Å². The van der Waals surface area contributed by atoms with Crippen molar-refractivity contribution in [1.82, 2.24) is 10.2 Å². The van der Waals surface area contributed by atoms with Crippen LogP contribution >= 0.6 is 11.8 Å². The number of hydrogen-bond donors (Lipinski definition) is 1. The number of amides is 1. The largest absolute Gasteiger partial charge is 0.482 e. The topological polar surface area (TPSA) is 67.4 Å². The highest BCUT2D eigenvalue weighted by molar-refractivity contribution is 7.98. The summed E-state index contributed by atoms with van der Waals surface area (Å²) in [6.07, 6.45) is 2.78. The van der Waals surface area contributed by atoms with Crippen LogP contribution in [0.2, 0.25) is 0 Å². The molecule has 3 rings (SSSR count). The Bertz CT molecular complexity index is 678. The summed E-state index contributed by atoms with van der Waals surface area (Å²) in [4.78, 5) is 13.8. The number of nitrogens with zero attached hydrogens (tertiary/aromatic N) is 3. The van der Waals surface area contributed by atoms with E-state index in [2.05, 4.69) is 15.5 Å². The Hall–Kier alpha value is -2.28. The van der Waals surface area contributed by atoms with Crippen molar-refractivity contribution in [3.05, 3.63) is 36.4 Å². The summed E-state index contributed by atoms with van der Waals surface area (Å²) in [6, 6.07) is 11.5. The Morgan fingerprint density at radius 3 is 2.91 bits per heavy atom. The number of carbonyl (C=O) groups excluding carboxylic acids is 1. The molecule has 2 aromatic rings. The molecule has 1 N–H and O–H groups in total. The molecule has 0 saturated heterocycles. The molecular formula is C16H18N4O2S. The van der Waals surface area contributed by atoms with Gasteiger partial charge in [0.15, 0.2) is 6.61 Å². The standard InChI is InChI=1S/C16H18N4O2S/c1-23-15-8-7-14(18-19-15)17-9-4-10-20-12-5-2-3-6-13(12)22-11-16(20)21/h2-3,5-8H,4,9-11H2,1H3,(H,17,18). The molecule has 1 aromatic heterocycles. The number of rotatable bonds is 6. The van der Waals surface area contributed by atoms with E-state index in [1.54, 1.807) is 16.7 Å². The molecule has 0 radical (unpaired) electrons. The van der Waals surface area contributed by atoms with Crippen molar-refractivity contribution in [1.29, 1.82) is 0 Å². The summed E-state index contributed by atoms with van der Waals surface area (Å²) in [5.74, 6) is 1.50. The molecule has 0 spiro atoms. The molecule has 1 aromatic carbocycles. The molecule has 0 unspecified atom stereocenters. The van der Waals surface area contributed by atoms with Crippen LogP contribution in [0.3, 0.4) is 0 Å². The predicted octanol–water partition coefficient (Wildman–Crippen LogP) is 2.43. The Kier molecular flexibility index (Phi) is 4.97. The normalized spacial score (nSPS) is 13.4. The van der Waals surface area contributed by atoms with Crippen molar-refractivity contribution in [2.45, 2.75) is 11.4 Å². The molecule has 0 atom stereocenters. The summed E-state index contributed by atoms with van der Waals surface area (Å²) >= 11 is 1.56. The summed E-state index contributed by atoms with van der Waals surface area (Å²) in [6.45, 7) is 1.47. The van der Waals surface area contributed by atoms with Crippen molar-refractivity contribution >= 4 is 29.2 Å². The molecule has 0 bridgehead atoms. The van der Waals surface area contributed by atoms with Gasteiger partial charge >= 0.3 is 0 Å². The maximum atomic E-state index is 12.0. The molecular weight excluding hydrogens is 312 g/mol. The first kappa shape index (κ1) is 15.6. The van der Waals surface area contributed by atoms with Crippen molar-refractivity contribution in [3.8, 4) is 5.75 Å². The quantitative estimate of drug-likeness (QED) is 0.648. The molecule has 0 saturated carbocycles. The minimum Gasteiger partial charge on any atom is -0.482 e. The first-order valence-corrected chi connectivity index (χ1v) is 8.64. The van der Waals surface area contributed by atoms with Gasteiger partial charge in [-0.1, -0.05) is 12.1 Å². The average Bonchev–Trinajstić information content (AvgIpc) is 2.60. The lowest BCUT2D eigenvalue weighted by Gasteiger charge is -2.29. The number of nitrogens with one attached hydrogen (secondary N) is 1. The van der Waals surface area contributed by atoms with E-state index < -0.39 is 0 Å². The fourth-order valence-corrected chi connectivity index (χ4v) is 2.70. The van der Waals surface area contributed by atoms with Crippen LogP contribution in [0.15, 0.2) is 41.4 Å². The van der Waals surface area contributed by atoms with Crippen molar-refractivity contribution in [2.75, 3.05) is 36.2 Å². The first-order valence-electron chi connectivity index (χ1n) is 7.42. The predicted molar refractivity (Wildman–Crippen MR) is 91.2 cm³/mol. The molecule has 1 aliphatic rings. The summed E-state index contributed by atoms with van der Waals surface area (Å²) < 4.78 is 5.44. The minimum absolute atomic E-state index is 0.00665. The van der Waals surface area contributed by atoms with E-state index in [4.69, 9.17) is 4.74 Å². The Morgan fingerprint density at radius 1 is 1.26 bits per heavy atom. The molecule has 7 heteroatoms. The fraction of sp³-hybridized carbons (Fsp3) is 0.312. The minimum atomic E-state index is -0.00665. The first-order chi connectivity index (χ1) is 11.3. The molecule has 120 valence electrons. The third-order valence-electron chi connectivity index (χ3n) is 3.52. The Balaban J connectivity index is 1.53. The molecule has 2 heterocycles. The maximum absolute atomic E-state index is 12.0. The second kappa shape index (κ2) is 7.32. The van der Waals surface area contributed by atoms with Gasteiger partial charge in [-0.2, -0.15) is 0 Å². The zero-order valence-electron chi connectivity index (χ0n) is 12.9. The Morgan fingerprint density at radius 2 is 2.13 bits per heavy atom. The van der Waals surface area contributed by atoms with Gasteiger partial charge in [0.1, 0.15) is 16.6 Å². The van der Waals surface area contributed by atoms with E-state index in [1.165, 1.54) is 0 Å². The summed E-state index contributed by atoms with van der Waals surface area (Å²) in [5, 5.41) is 12.3. The maximum Gasteiger partial charge on any atom is 0.265 e. The van der Waals surface area contributed by atoms with Crippen LogP contribution in [-0.4, -0.2) is 42.1 Å². The van der Waals surface area contributed by atoms with Crippen LogP contribution in [0.25, 0.3) is 0 Å². The smallest absolute Gasteiger partial charge is 0.265 e. The van der Waals surface area contributed by atoms with Crippen LogP contribution in [0.5, 0.6) is 5.75 Å². The molecule has 0 fully saturated rings. The van der Waals surface area contributed by atoms with E-state index >= 15 is 0 Å². The van der Waals surface area contributed by atoms with Crippen LogP contribution in [-0.2, 0) is 4.79 Å². The van der Waals surface area contributed by atoms with Gasteiger partial charge in [0.25, 0.3) is 5.91 Å². The highest BCUT2D eigenvalue weighted by atomic mass is 32.2. The molecule has 1 amide bonds. The third-order valence-corrected chi connectivity index (χ3v) is 4.16. The van der Waals surface area contributed by atoms with Gasteiger partial charge in [-0.05, 0) is 36.9 Å². The van der Waals surface area contributed by atoms with Gasteiger partial charge in [-0.3, -0.25) is 4.79 Å². The summed E-state index contributed by atoms with van der Waals surface area (Å²) in [5.41, 5.74) is 0.841. The van der Waals surface area contributed by atoms with Crippen molar-refractivity contribution in [2.24, 2.45) is 0 Å². The van der Waals surface area contributed by atoms with Gasteiger partial charge in [0.2, 0.25) is 0 Å². The number of carbonyl (C=O) groups is 1. The molecule has 1 aliphatic heterocycles. The number of anilines is 2. The third kappa shape index (κ3) is 3.73. The SMILES string of the molecule is CSc1ccc(NCCCN2C(=O)COc3ccccc32)nn1. The van der Waals surface area contributed by atoms with E-state index in [0.29, 0.717) is 6.54 Å². The van der Waals surface area contributed by atoms with Gasteiger partial charge in [0.05, 0.1) is 5.69 Å². The number of fused-ring (bicyclic) bond motifs is 1. The zero-order chi connectivity index (χ0) is 16.1. The molecule has 23 heavy (non-hydrogen) atoms. The second-order valence-corrected chi connectivity index (χ2v) is 5.87. The number of thioether (sulfide) groups is 1. The van der Waals surface area contributed by atoms with Crippen LogP contribution in [0.4, 0.5) is 11.5 Å². The van der Waals surface area contributed by atoms with Crippen LogP contribution in [0, 0.1) is 0 Å². The number of para-hydroxylation sites is 2. The van der Waals surface area contributed by atoms with Gasteiger partial charge in [0, 0.05) is 13.1 Å². The van der Waals surface area contributed by atoms with Gasteiger partial charge < -0.3 is 15.0 Å². The lowest BCUT2D eigenvalue weighted by atomic mass is 10.2. The average molecular weight is 330 g/mol. The number of benzene rings is 1. The number of hydrogen-bond acceptors (Lipinski definition) is 6. The number of ether oxygens (including phenoxy) is 1. The molecule has 0 aliphatic carbocycles. The van der Waals surface area contributed by atoms with E-state index in [0.717, 1.165) is 35.2 Å². The van der Waals surface area contributed by atoms with Gasteiger partial charge in [-0.25, -0.2) is 0 Å². The van der Waals surface area contributed by atoms with Crippen LogP contribution < -0.4 is 15.0 Å². The lowest BCUT2D eigenvalue weighted by Crippen LogP contribution is -2.39. The Labute approximate surface area is 139 Å². The van der Waals surface area contributed by atoms with E-state index in [-0.39, 0.29) is 12.5 Å². The second-order valence-electron chi connectivity index (χ2n) is 5.04. The highest BCUT2D eigenvalue weighted by Gasteiger charge is 2.24. The summed E-state index contributed by atoms with van der Waals surface area (Å²) in [7, 11) is 0. The fourth-order valence-electron chi connectivity index (χ4n) is 2.38. The van der Waals surface area contributed by atoms with E-state index in [9.17, 15) is 4.79 Å². The van der Waals surface area contributed by atoms with Crippen molar-refractivity contribution in [3.63, 3.8) is 0 Å². The highest BCUT2D eigenvalue weighted by Crippen LogP contribution is 2.31. The number of aromatic nitrogens is 2. The lowest BCUT2D eigenvalue weighted by molar-refractivity contribution is -0.121. The van der Waals surface area contributed by atoms with Crippen molar-refractivity contribution < 1.29 is 9.53 Å². The van der Waals surface area contributed by atoms with E-state index in [1.807, 2.05) is 42.7 Å². The zero-order valence-corrected chi connectivity index (χ0v) is 13.7. The van der Waals surface area contributed by atoms with Gasteiger partial charge in [-0.15, -0.1) is 22.0 Å². The molecule has 6 nitrogen and oxygen atoms in total. The monoisotopic (exact) mass is 330 g/mol.